The van der Waals surface area contributed by atoms with Gasteiger partial charge in [-0.05, 0) is 30.3 Å². The van der Waals surface area contributed by atoms with Crippen LogP contribution < -0.4 is 10.1 Å². The van der Waals surface area contributed by atoms with Crippen LogP contribution in [0.2, 0.25) is 10.0 Å². The van der Waals surface area contributed by atoms with Gasteiger partial charge in [-0.3, -0.25) is 4.68 Å². The summed E-state index contributed by atoms with van der Waals surface area (Å²) in [6.45, 7) is 1.01. The highest BCUT2D eigenvalue weighted by Gasteiger charge is 2.12. The standard InChI is InChI=1S/C20H17Cl2N5O/c1-27-18(14-7-6-13(21)10-16(14)22)11-19(26-27)28-9-8-23-20-15-4-2-3-5-17(15)24-12-25-20/h2-7,10-12H,8-9H2,1H3,(H,23,24,25). The molecule has 28 heavy (non-hydrogen) atoms. The van der Waals surface area contributed by atoms with Crippen molar-refractivity contribution in [2.24, 2.45) is 7.05 Å². The van der Waals surface area contributed by atoms with Crippen molar-refractivity contribution in [3.63, 3.8) is 0 Å². The molecule has 0 bridgehead atoms. The molecule has 4 rings (SSSR count). The van der Waals surface area contributed by atoms with Crippen molar-refractivity contribution in [1.82, 2.24) is 19.7 Å². The SMILES string of the molecule is Cn1nc(OCCNc2ncnc3ccccc23)cc1-c1ccc(Cl)cc1Cl. The Labute approximate surface area is 172 Å². The third-order valence-corrected chi connectivity index (χ3v) is 4.80. The number of para-hydroxylation sites is 1. The first-order chi connectivity index (χ1) is 13.6. The van der Waals surface area contributed by atoms with Crippen LogP contribution in [0.25, 0.3) is 22.2 Å². The summed E-state index contributed by atoms with van der Waals surface area (Å²) in [5, 5.41) is 9.81. The van der Waals surface area contributed by atoms with E-state index in [9.17, 15) is 0 Å². The average Bonchev–Trinajstić information content (AvgIpc) is 3.05. The first-order valence-corrected chi connectivity index (χ1v) is 9.43. The van der Waals surface area contributed by atoms with E-state index in [0.717, 1.165) is 28.0 Å². The summed E-state index contributed by atoms with van der Waals surface area (Å²) < 4.78 is 7.51. The summed E-state index contributed by atoms with van der Waals surface area (Å²) in [7, 11) is 1.85. The summed E-state index contributed by atoms with van der Waals surface area (Å²) in [5.74, 6) is 1.31. The van der Waals surface area contributed by atoms with Gasteiger partial charge in [-0.1, -0.05) is 35.3 Å². The molecular weight excluding hydrogens is 397 g/mol. The molecule has 0 aliphatic rings. The quantitative estimate of drug-likeness (QED) is 0.458. The van der Waals surface area contributed by atoms with E-state index in [0.29, 0.717) is 29.1 Å². The first-order valence-electron chi connectivity index (χ1n) is 8.68. The lowest BCUT2D eigenvalue weighted by molar-refractivity contribution is 0.316. The fourth-order valence-electron chi connectivity index (χ4n) is 2.93. The summed E-state index contributed by atoms with van der Waals surface area (Å²) >= 11 is 12.3. The van der Waals surface area contributed by atoms with Crippen LogP contribution in [0, 0.1) is 0 Å². The maximum absolute atomic E-state index is 6.30. The molecule has 1 N–H and O–H groups in total. The molecule has 6 nitrogen and oxygen atoms in total. The van der Waals surface area contributed by atoms with Crippen molar-refractivity contribution < 1.29 is 4.74 Å². The molecule has 2 heterocycles. The minimum atomic E-state index is 0.434. The summed E-state index contributed by atoms with van der Waals surface area (Å²) in [6.07, 6.45) is 1.55. The van der Waals surface area contributed by atoms with Crippen molar-refractivity contribution >= 4 is 39.9 Å². The molecule has 142 valence electrons. The lowest BCUT2D eigenvalue weighted by atomic mass is 10.1. The van der Waals surface area contributed by atoms with Gasteiger partial charge in [0.15, 0.2) is 0 Å². The maximum atomic E-state index is 6.30. The Hall–Kier alpha value is -2.83. The fourth-order valence-corrected chi connectivity index (χ4v) is 3.44. The van der Waals surface area contributed by atoms with Gasteiger partial charge in [0.1, 0.15) is 18.8 Å². The number of benzene rings is 2. The normalized spacial score (nSPS) is 11.0. The van der Waals surface area contributed by atoms with Crippen LogP contribution in [0.4, 0.5) is 5.82 Å². The van der Waals surface area contributed by atoms with Gasteiger partial charge in [-0.15, -0.1) is 5.10 Å². The number of aryl methyl sites for hydroxylation is 1. The van der Waals surface area contributed by atoms with E-state index < -0.39 is 0 Å². The number of halogens is 2. The molecule has 0 aliphatic carbocycles. The van der Waals surface area contributed by atoms with Gasteiger partial charge >= 0.3 is 0 Å². The van der Waals surface area contributed by atoms with Crippen LogP contribution in [-0.2, 0) is 7.05 Å². The number of anilines is 1. The van der Waals surface area contributed by atoms with E-state index in [4.69, 9.17) is 27.9 Å². The van der Waals surface area contributed by atoms with Gasteiger partial charge in [-0.25, -0.2) is 9.97 Å². The van der Waals surface area contributed by atoms with Gasteiger partial charge in [0, 0.05) is 29.1 Å². The molecule has 0 atom stereocenters. The zero-order valence-corrected chi connectivity index (χ0v) is 16.6. The Morgan fingerprint density at radius 3 is 2.79 bits per heavy atom. The van der Waals surface area contributed by atoms with Crippen molar-refractivity contribution in [1.29, 1.82) is 0 Å². The minimum absolute atomic E-state index is 0.434. The lowest BCUT2D eigenvalue weighted by Gasteiger charge is -2.08. The highest BCUT2D eigenvalue weighted by atomic mass is 35.5. The smallest absolute Gasteiger partial charge is 0.233 e. The molecule has 2 aromatic heterocycles. The van der Waals surface area contributed by atoms with Crippen molar-refractivity contribution in [3.05, 3.63) is 64.9 Å². The summed E-state index contributed by atoms with van der Waals surface area (Å²) in [4.78, 5) is 8.56. The number of fused-ring (bicyclic) bond motifs is 1. The summed E-state index contributed by atoms with van der Waals surface area (Å²) in [6, 6.07) is 15.1. The second kappa shape index (κ2) is 8.04. The topological polar surface area (TPSA) is 64.9 Å². The van der Waals surface area contributed by atoms with Crippen molar-refractivity contribution in [2.45, 2.75) is 0 Å². The maximum Gasteiger partial charge on any atom is 0.233 e. The molecule has 8 heteroatoms. The number of ether oxygens (including phenoxy) is 1. The van der Waals surface area contributed by atoms with Crippen molar-refractivity contribution in [2.75, 3.05) is 18.5 Å². The molecule has 0 saturated carbocycles. The fraction of sp³-hybridized carbons (Fsp3) is 0.150. The lowest BCUT2D eigenvalue weighted by Crippen LogP contribution is -2.13. The molecule has 0 amide bonds. The van der Waals surface area contributed by atoms with Crippen LogP contribution >= 0.6 is 23.2 Å². The minimum Gasteiger partial charge on any atom is -0.475 e. The highest BCUT2D eigenvalue weighted by Crippen LogP contribution is 2.31. The average molecular weight is 414 g/mol. The number of nitrogens with zero attached hydrogens (tertiary/aromatic N) is 4. The molecule has 0 saturated heterocycles. The predicted molar refractivity (Wildman–Crippen MR) is 112 cm³/mol. The number of aromatic nitrogens is 4. The molecule has 0 fully saturated rings. The Morgan fingerprint density at radius 2 is 1.93 bits per heavy atom. The molecule has 0 aliphatic heterocycles. The van der Waals surface area contributed by atoms with Gasteiger partial charge in [0.2, 0.25) is 5.88 Å². The van der Waals surface area contributed by atoms with E-state index in [1.165, 1.54) is 0 Å². The third-order valence-electron chi connectivity index (χ3n) is 4.25. The predicted octanol–water partition coefficient (Wildman–Crippen LogP) is 4.83. The summed E-state index contributed by atoms with van der Waals surface area (Å²) in [5.41, 5.74) is 2.60. The molecule has 0 radical (unpaired) electrons. The Kier molecular flexibility index (Phi) is 5.32. The van der Waals surface area contributed by atoms with Crippen LogP contribution in [0.15, 0.2) is 54.9 Å². The van der Waals surface area contributed by atoms with E-state index in [1.807, 2.05) is 43.4 Å². The second-order valence-corrected chi connectivity index (χ2v) is 6.97. The Bertz CT molecular complexity index is 1120. The van der Waals surface area contributed by atoms with Crippen LogP contribution in [0.3, 0.4) is 0 Å². The van der Waals surface area contributed by atoms with E-state index in [-0.39, 0.29) is 0 Å². The second-order valence-electron chi connectivity index (χ2n) is 6.13. The third kappa shape index (κ3) is 3.88. The molecule has 0 spiro atoms. The van der Waals surface area contributed by atoms with Gasteiger partial charge in [-0.2, -0.15) is 0 Å². The van der Waals surface area contributed by atoms with Crippen LogP contribution in [0.5, 0.6) is 5.88 Å². The molecule has 4 aromatic rings. The van der Waals surface area contributed by atoms with E-state index in [2.05, 4.69) is 20.4 Å². The molecular formula is C20H17Cl2N5O. The van der Waals surface area contributed by atoms with Crippen LogP contribution in [0.1, 0.15) is 0 Å². The largest absolute Gasteiger partial charge is 0.475 e. The molecule has 2 aromatic carbocycles. The number of rotatable bonds is 6. The zero-order chi connectivity index (χ0) is 19.5. The van der Waals surface area contributed by atoms with Gasteiger partial charge in [0.25, 0.3) is 0 Å². The Morgan fingerprint density at radius 1 is 1.07 bits per heavy atom. The zero-order valence-electron chi connectivity index (χ0n) is 15.1. The Balaban J connectivity index is 1.40. The van der Waals surface area contributed by atoms with Gasteiger partial charge in [0.05, 0.1) is 22.8 Å². The van der Waals surface area contributed by atoms with Crippen molar-refractivity contribution in [3.8, 4) is 17.1 Å². The number of hydrogen-bond acceptors (Lipinski definition) is 5. The monoisotopic (exact) mass is 413 g/mol. The van der Waals surface area contributed by atoms with Crippen LogP contribution in [-0.4, -0.2) is 32.9 Å². The van der Waals surface area contributed by atoms with E-state index >= 15 is 0 Å². The molecule has 0 unspecified atom stereocenters. The van der Waals surface area contributed by atoms with Gasteiger partial charge < -0.3 is 10.1 Å². The van der Waals surface area contributed by atoms with E-state index in [1.54, 1.807) is 23.1 Å². The number of nitrogens with one attached hydrogen (secondary N) is 1. The highest BCUT2D eigenvalue weighted by molar-refractivity contribution is 6.36. The first kappa shape index (κ1) is 18.5. The number of hydrogen-bond donors (Lipinski definition) is 1.